The summed E-state index contributed by atoms with van der Waals surface area (Å²) in [5, 5.41) is 0. The third kappa shape index (κ3) is 1.59. The van der Waals surface area contributed by atoms with Crippen molar-refractivity contribution in [3.8, 4) is 0 Å². The standard InChI is InChI=1S/C15H11FO2/c1-9-6-7-10(8-13(9)16)14-11-4-2-3-5-12(11)15(17)18-14/h2-8,14H,1H3/t14-/m0/s1. The lowest BCUT2D eigenvalue weighted by Gasteiger charge is -2.11. The van der Waals surface area contributed by atoms with Crippen molar-refractivity contribution in [2.45, 2.75) is 13.0 Å². The molecule has 0 unspecified atom stereocenters. The zero-order valence-corrected chi connectivity index (χ0v) is 9.81. The lowest BCUT2D eigenvalue weighted by molar-refractivity contribution is 0.0455. The van der Waals surface area contributed by atoms with Gasteiger partial charge < -0.3 is 4.74 Å². The van der Waals surface area contributed by atoms with E-state index in [2.05, 4.69) is 0 Å². The molecule has 0 aromatic heterocycles. The van der Waals surface area contributed by atoms with Crippen molar-refractivity contribution in [1.82, 2.24) is 0 Å². The summed E-state index contributed by atoms with van der Waals surface area (Å²) in [6, 6.07) is 12.1. The second kappa shape index (κ2) is 3.95. The van der Waals surface area contributed by atoms with Crippen LogP contribution in [0.4, 0.5) is 4.39 Å². The van der Waals surface area contributed by atoms with E-state index in [-0.39, 0.29) is 11.8 Å². The van der Waals surface area contributed by atoms with Gasteiger partial charge in [0.05, 0.1) is 5.56 Å². The Morgan fingerprint density at radius 1 is 1.17 bits per heavy atom. The monoisotopic (exact) mass is 242 g/mol. The number of cyclic esters (lactones) is 1. The van der Waals surface area contributed by atoms with E-state index in [4.69, 9.17) is 4.74 Å². The van der Waals surface area contributed by atoms with Crippen molar-refractivity contribution >= 4 is 5.97 Å². The van der Waals surface area contributed by atoms with Crippen LogP contribution in [0.15, 0.2) is 42.5 Å². The Kier molecular flexibility index (Phi) is 2.40. The van der Waals surface area contributed by atoms with Gasteiger partial charge in [0.1, 0.15) is 5.82 Å². The van der Waals surface area contributed by atoms with E-state index in [9.17, 15) is 9.18 Å². The van der Waals surface area contributed by atoms with Gasteiger partial charge in [-0.2, -0.15) is 0 Å². The predicted octanol–water partition coefficient (Wildman–Crippen LogP) is 3.39. The van der Waals surface area contributed by atoms with E-state index in [0.29, 0.717) is 16.7 Å². The number of halogens is 1. The molecule has 0 amide bonds. The van der Waals surface area contributed by atoms with E-state index in [0.717, 1.165) is 5.56 Å². The van der Waals surface area contributed by atoms with E-state index in [1.54, 1.807) is 31.2 Å². The van der Waals surface area contributed by atoms with Crippen LogP contribution in [0, 0.1) is 12.7 Å². The first-order chi connectivity index (χ1) is 8.66. The SMILES string of the molecule is Cc1ccc([C@@H]2OC(=O)c3ccccc32)cc1F. The van der Waals surface area contributed by atoms with Crippen LogP contribution >= 0.6 is 0 Å². The lowest BCUT2D eigenvalue weighted by atomic mass is 9.98. The van der Waals surface area contributed by atoms with Gasteiger partial charge >= 0.3 is 5.97 Å². The smallest absolute Gasteiger partial charge is 0.339 e. The molecule has 90 valence electrons. The van der Waals surface area contributed by atoms with E-state index in [1.807, 2.05) is 12.1 Å². The molecule has 3 rings (SSSR count). The number of aryl methyl sites for hydroxylation is 1. The highest BCUT2D eigenvalue weighted by Crippen LogP contribution is 2.35. The highest BCUT2D eigenvalue weighted by Gasteiger charge is 2.31. The molecular weight excluding hydrogens is 231 g/mol. The second-order valence-electron chi connectivity index (χ2n) is 4.38. The Morgan fingerprint density at radius 2 is 1.94 bits per heavy atom. The number of benzene rings is 2. The molecule has 0 N–H and O–H groups in total. The summed E-state index contributed by atoms with van der Waals surface area (Å²) < 4.78 is 18.9. The molecule has 1 heterocycles. The van der Waals surface area contributed by atoms with E-state index in [1.165, 1.54) is 6.07 Å². The molecule has 0 fully saturated rings. The number of hydrogen-bond acceptors (Lipinski definition) is 2. The number of carbonyl (C=O) groups excluding carboxylic acids is 1. The Bertz CT molecular complexity index is 634. The minimum Gasteiger partial charge on any atom is -0.449 e. The Hall–Kier alpha value is -2.16. The summed E-state index contributed by atoms with van der Waals surface area (Å²) in [7, 11) is 0. The fraction of sp³-hybridized carbons (Fsp3) is 0.133. The quantitative estimate of drug-likeness (QED) is 0.716. The predicted molar refractivity (Wildman–Crippen MR) is 64.8 cm³/mol. The largest absolute Gasteiger partial charge is 0.449 e. The van der Waals surface area contributed by atoms with Gasteiger partial charge in [0.2, 0.25) is 0 Å². The fourth-order valence-corrected chi connectivity index (χ4v) is 2.17. The minimum absolute atomic E-state index is 0.284. The van der Waals surface area contributed by atoms with Crippen molar-refractivity contribution < 1.29 is 13.9 Å². The second-order valence-corrected chi connectivity index (χ2v) is 4.38. The van der Waals surface area contributed by atoms with Gasteiger partial charge in [-0.3, -0.25) is 0 Å². The Labute approximate surface area is 104 Å². The summed E-state index contributed by atoms with van der Waals surface area (Å²) in [4.78, 5) is 11.7. The van der Waals surface area contributed by atoms with Crippen LogP contribution in [0.25, 0.3) is 0 Å². The number of ether oxygens (including phenoxy) is 1. The number of esters is 1. The average molecular weight is 242 g/mol. The van der Waals surface area contributed by atoms with Crippen molar-refractivity contribution in [2.75, 3.05) is 0 Å². The van der Waals surface area contributed by atoms with Gasteiger partial charge in [-0.1, -0.05) is 30.3 Å². The minimum atomic E-state index is -0.496. The highest BCUT2D eigenvalue weighted by molar-refractivity contribution is 5.94. The molecule has 0 saturated carbocycles. The molecule has 0 radical (unpaired) electrons. The first-order valence-corrected chi connectivity index (χ1v) is 5.73. The number of carbonyl (C=O) groups is 1. The maximum Gasteiger partial charge on any atom is 0.339 e. The van der Waals surface area contributed by atoms with Gasteiger partial charge in [-0.15, -0.1) is 0 Å². The summed E-state index contributed by atoms with van der Waals surface area (Å²) >= 11 is 0. The van der Waals surface area contributed by atoms with E-state index >= 15 is 0 Å². The van der Waals surface area contributed by atoms with Crippen molar-refractivity contribution in [2.24, 2.45) is 0 Å². The molecule has 0 aliphatic carbocycles. The molecule has 3 heteroatoms. The van der Waals surface area contributed by atoms with Crippen molar-refractivity contribution in [3.05, 3.63) is 70.5 Å². The third-order valence-electron chi connectivity index (χ3n) is 3.19. The molecule has 1 aliphatic rings. The van der Waals surface area contributed by atoms with Gasteiger partial charge in [0.25, 0.3) is 0 Å². The van der Waals surface area contributed by atoms with Gasteiger partial charge in [0, 0.05) is 5.56 Å². The summed E-state index contributed by atoms with van der Waals surface area (Å²) in [5.74, 6) is -0.635. The number of hydrogen-bond donors (Lipinski definition) is 0. The molecule has 18 heavy (non-hydrogen) atoms. The molecule has 0 saturated heterocycles. The molecule has 2 aromatic rings. The number of rotatable bonds is 1. The third-order valence-corrected chi connectivity index (χ3v) is 3.19. The van der Waals surface area contributed by atoms with Gasteiger partial charge in [0.15, 0.2) is 6.10 Å². The van der Waals surface area contributed by atoms with Crippen LogP contribution < -0.4 is 0 Å². The summed E-state index contributed by atoms with van der Waals surface area (Å²) in [6.07, 6.45) is -0.496. The van der Waals surface area contributed by atoms with Gasteiger partial charge in [-0.05, 0) is 30.2 Å². The zero-order chi connectivity index (χ0) is 12.7. The number of fused-ring (bicyclic) bond motifs is 1. The van der Waals surface area contributed by atoms with Crippen molar-refractivity contribution in [3.63, 3.8) is 0 Å². The summed E-state index contributed by atoms with van der Waals surface area (Å²) in [5.41, 5.74) is 2.60. The fourth-order valence-electron chi connectivity index (χ4n) is 2.17. The summed E-state index contributed by atoms with van der Waals surface area (Å²) in [6.45, 7) is 1.70. The first kappa shape index (κ1) is 11.0. The topological polar surface area (TPSA) is 26.3 Å². The molecule has 1 atom stereocenters. The van der Waals surface area contributed by atoms with Crippen molar-refractivity contribution in [1.29, 1.82) is 0 Å². The normalized spacial score (nSPS) is 17.4. The Balaban J connectivity index is 2.09. The molecular formula is C15H11FO2. The van der Waals surface area contributed by atoms with Crippen LogP contribution in [-0.4, -0.2) is 5.97 Å². The Morgan fingerprint density at radius 3 is 2.72 bits per heavy atom. The molecule has 2 aromatic carbocycles. The van der Waals surface area contributed by atoms with Crippen LogP contribution in [0.1, 0.15) is 33.2 Å². The molecule has 0 bridgehead atoms. The maximum absolute atomic E-state index is 13.6. The average Bonchev–Trinajstić information content (AvgIpc) is 2.71. The van der Waals surface area contributed by atoms with Crippen LogP contribution in [0.3, 0.4) is 0 Å². The van der Waals surface area contributed by atoms with Gasteiger partial charge in [-0.25, -0.2) is 9.18 Å². The van der Waals surface area contributed by atoms with Crippen LogP contribution in [0.5, 0.6) is 0 Å². The molecule has 2 nitrogen and oxygen atoms in total. The zero-order valence-electron chi connectivity index (χ0n) is 9.81. The first-order valence-electron chi connectivity index (χ1n) is 5.73. The maximum atomic E-state index is 13.6. The molecule has 0 spiro atoms. The van der Waals surface area contributed by atoms with E-state index < -0.39 is 6.10 Å². The highest BCUT2D eigenvalue weighted by atomic mass is 19.1. The lowest BCUT2D eigenvalue weighted by Crippen LogP contribution is -2.01. The van der Waals surface area contributed by atoms with Crippen LogP contribution in [0.2, 0.25) is 0 Å². The van der Waals surface area contributed by atoms with Crippen LogP contribution in [-0.2, 0) is 4.74 Å². The molecule has 1 aliphatic heterocycles.